The Morgan fingerprint density at radius 1 is 1.11 bits per heavy atom. The molecule has 0 radical (unpaired) electrons. The molecule has 1 fully saturated rings. The Morgan fingerprint density at radius 2 is 1.87 bits per heavy atom. The van der Waals surface area contributed by atoms with E-state index in [1.807, 2.05) is 39.8 Å². The number of nitrogens with zero attached hydrogens (tertiary/aromatic N) is 6. The van der Waals surface area contributed by atoms with E-state index in [1.54, 1.807) is 28.7 Å². The van der Waals surface area contributed by atoms with Crippen molar-refractivity contribution in [3.63, 3.8) is 0 Å². The fraction of sp³-hybridized carbons (Fsp3) is 0.441. The van der Waals surface area contributed by atoms with Gasteiger partial charge < -0.3 is 18.8 Å². The molecule has 4 aromatic rings. The number of aliphatic imine (C=N–C) groups is 1. The van der Waals surface area contributed by atoms with E-state index in [0.717, 1.165) is 51.9 Å². The summed E-state index contributed by atoms with van der Waals surface area (Å²) in [5, 5.41) is 10.0. The largest absolute Gasteiger partial charge is 0.449 e. The van der Waals surface area contributed by atoms with Crippen LogP contribution in [0.15, 0.2) is 46.1 Å². The number of likely N-dealkylation sites (tertiary alicyclic amines) is 1. The van der Waals surface area contributed by atoms with E-state index in [1.165, 1.54) is 10.4 Å². The third-order valence-electron chi connectivity index (χ3n) is 7.97. The highest BCUT2D eigenvalue weighted by atomic mass is 32.1. The second kappa shape index (κ2) is 12.6. The fourth-order valence-corrected chi connectivity index (χ4v) is 6.80. The summed E-state index contributed by atoms with van der Waals surface area (Å²) >= 11 is 1.73. The van der Waals surface area contributed by atoms with Crippen LogP contribution in [0.25, 0.3) is 5.00 Å². The zero-order valence-corrected chi connectivity index (χ0v) is 27.4. The van der Waals surface area contributed by atoms with Crippen LogP contribution in [-0.4, -0.2) is 67.9 Å². The first-order chi connectivity index (χ1) is 21.6. The summed E-state index contributed by atoms with van der Waals surface area (Å²) in [4.78, 5) is 24.9. The van der Waals surface area contributed by atoms with Crippen molar-refractivity contribution in [1.29, 1.82) is 0 Å². The number of amides is 1. The number of benzene rings is 1. The van der Waals surface area contributed by atoms with Crippen molar-refractivity contribution in [2.24, 2.45) is 4.99 Å². The molecular weight excluding hydrogens is 588 g/mol. The Morgan fingerprint density at radius 3 is 2.56 bits per heavy atom. The van der Waals surface area contributed by atoms with Crippen LogP contribution >= 0.6 is 11.3 Å². The minimum atomic E-state index is -0.492. The second-order valence-electron chi connectivity index (χ2n) is 12.4. The number of piperidine rings is 1. The van der Waals surface area contributed by atoms with E-state index in [-0.39, 0.29) is 18.2 Å². The lowest BCUT2D eigenvalue weighted by Gasteiger charge is -2.33. The van der Waals surface area contributed by atoms with E-state index < -0.39 is 5.60 Å². The number of carbonyl (C=O) groups excluding carboxylic acids is 1. The highest BCUT2D eigenvalue weighted by molar-refractivity contribution is 7.15. The summed E-state index contributed by atoms with van der Waals surface area (Å²) in [6.07, 6.45) is 5.07. The number of carbonyl (C=O) groups is 1. The maximum absolute atomic E-state index is 12.3. The highest BCUT2D eigenvalue weighted by Gasteiger charge is 2.32. The SMILES string of the molecule is Cc1sc2c(c1C)C(c1ccc(C#CCOC3CCN(C(=O)OC(C)(C)C)CC3)cc1)=N[C@@H](Cc1ncco1)c1nnc(C)n1-2. The molecule has 0 N–H and O–H groups in total. The van der Waals surface area contributed by atoms with Gasteiger partial charge in [-0.3, -0.25) is 9.56 Å². The normalized spacial score (nSPS) is 16.7. The average molecular weight is 627 g/mol. The lowest BCUT2D eigenvalue weighted by molar-refractivity contribution is -0.00375. The first kappa shape index (κ1) is 30.7. The number of thiophene rings is 1. The summed E-state index contributed by atoms with van der Waals surface area (Å²) < 4.78 is 19.2. The lowest BCUT2D eigenvalue weighted by atomic mass is 9.98. The topological polar surface area (TPSA) is 108 Å². The van der Waals surface area contributed by atoms with Gasteiger partial charge in [0.2, 0.25) is 0 Å². The van der Waals surface area contributed by atoms with Crippen LogP contribution in [0.5, 0.6) is 0 Å². The summed E-state index contributed by atoms with van der Waals surface area (Å²) in [6.45, 7) is 13.5. The third kappa shape index (κ3) is 6.72. The van der Waals surface area contributed by atoms with Crippen molar-refractivity contribution in [2.45, 2.75) is 78.6 Å². The Kier molecular flexibility index (Phi) is 8.62. The van der Waals surface area contributed by atoms with E-state index in [9.17, 15) is 4.79 Å². The molecule has 2 aliphatic heterocycles. The number of aryl methyl sites for hydroxylation is 2. The van der Waals surface area contributed by atoms with Crippen molar-refractivity contribution in [2.75, 3.05) is 19.7 Å². The summed E-state index contributed by atoms with van der Waals surface area (Å²) in [7, 11) is 0. The fourth-order valence-electron chi connectivity index (χ4n) is 5.58. The number of rotatable bonds is 5. The molecule has 0 saturated carbocycles. The van der Waals surface area contributed by atoms with Gasteiger partial charge in [-0.1, -0.05) is 24.0 Å². The van der Waals surface area contributed by atoms with Gasteiger partial charge >= 0.3 is 6.09 Å². The van der Waals surface area contributed by atoms with Gasteiger partial charge in [-0.15, -0.1) is 21.5 Å². The lowest BCUT2D eigenvalue weighted by Crippen LogP contribution is -2.43. The predicted molar refractivity (Wildman–Crippen MR) is 172 cm³/mol. The van der Waals surface area contributed by atoms with Gasteiger partial charge in [-0.2, -0.15) is 0 Å². The van der Waals surface area contributed by atoms with E-state index in [0.29, 0.717) is 32.0 Å². The molecule has 0 bridgehead atoms. The molecule has 1 saturated heterocycles. The number of oxazole rings is 1. The van der Waals surface area contributed by atoms with Gasteiger partial charge in [-0.25, -0.2) is 9.78 Å². The molecule has 6 rings (SSSR count). The van der Waals surface area contributed by atoms with E-state index in [4.69, 9.17) is 18.9 Å². The second-order valence-corrected chi connectivity index (χ2v) is 13.6. The van der Waals surface area contributed by atoms with Gasteiger partial charge in [0.05, 0.1) is 24.4 Å². The van der Waals surface area contributed by atoms with E-state index in [2.05, 4.69) is 57.6 Å². The average Bonchev–Trinajstić information content (AvgIpc) is 3.71. The minimum Gasteiger partial charge on any atom is -0.449 e. The summed E-state index contributed by atoms with van der Waals surface area (Å²) in [6, 6.07) is 7.89. The minimum absolute atomic E-state index is 0.0814. The third-order valence-corrected chi connectivity index (χ3v) is 9.16. The molecule has 45 heavy (non-hydrogen) atoms. The molecule has 5 heterocycles. The molecular formula is C34H38N6O4S. The van der Waals surface area contributed by atoms with Crippen LogP contribution in [0.1, 0.15) is 84.3 Å². The van der Waals surface area contributed by atoms with Gasteiger partial charge in [0, 0.05) is 34.7 Å². The molecule has 1 aromatic carbocycles. The Labute approximate surface area is 267 Å². The van der Waals surface area contributed by atoms with Crippen LogP contribution < -0.4 is 0 Å². The Bertz CT molecular complexity index is 1760. The van der Waals surface area contributed by atoms with Gasteiger partial charge in [-0.05, 0) is 72.1 Å². The van der Waals surface area contributed by atoms with Crippen molar-refractivity contribution in [3.05, 3.63) is 81.4 Å². The smallest absolute Gasteiger partial charge is 0.410 e. The van der Waals surface area contributed by atoms with Crippen molar-refractivity contribution >= 4 is 23.1 Å². The predicted octanol–water partition coefficient (Wildman–Crippen LogP) is 6.14. The molecule has 234 valence electrons. The summed E-state index contributed by atoms with van der Waals surface area (Å²) in [5.41, 5.74) is 4.62. The first-order valence-electron chi connectivity index (χ1n) is 15.2. The van der Waals surface area contributed by atoms with Crippen molar-refractivity contribution in [3.8, 4) is 16.8 Å². The van der Waals surface area contributed by atoms with Crippen LogP contribution in [0.4, 0.5) is 4.79 Å². The van der Waals surface area contributed by atoms with Crippen LogP contribution in [-0.2, 0) is 15.9 Å². The quantitative estimate of drug-likeness (QED) is 0.245. The molecule has 10 nitrogen and oxygen atoms in total. The van der Waals surface area contributed by atoms with Gasteiger partial charge in [0.15, 0.2) is 11.7 Å². The Balaban J connectivity index is 1.16. The zero-order valence-electron chi connectivity index (χ0n) is 26.6. The molecule has 11 heteroatoms. The van der Waals surface area contributed by atoms with Gasteiger partial charge in [0.25, 0.3) is 0 Å². The van der Waals surface area contributed by atoms with Crippen LogP contribution in [0.2, 0.25) is 0 Å². The Hall–Kier alpha value is -4.27. The highest BCUT2D eigenvalue weighted by Crippen LogP contribution is 2.39. The monoisotopic (exact) mass is 626 g/mol. The number of ether oxygens (including phenoxy) is 2. The zero-order chi connectivity index (χ0) is 31.7. The molecule has 1 atom stereocenters. The molecule has 0 unspecified atom stereocenters. The number of hydrogen-bond donors (Lipinski definition) is 0. The maximum Gasteiger partial charge on any atom is 0.410 e. The number of aromatic nitrogens is 4. The van der Waals surface area contributed by atoms with Crippen molar-refractivity contribution in [1.82, 2.24) is 24.6 Å². The summed E-state index contributed by atoms with van der Waals surface area (Å²) in [5.74, 6) is 8.59. The molecule has 3 aromatic heterocycles. The molecule has 0 aliphatic carbocycles. The van der Waals surface area contributed by atoms with Crippen LogP contribution in [0, 0.1) is 32.6 Å². The molecule has 1 amide bonds. The van der Waals surface area contributed by atoms with Gasteiger partial charge in [0.1, 0.15) is 35.3 Å². The molecule has 2 aliphatic rings. The molecule has 0 spiro atoms. The standard InChI is InChI=1S/C34H38N6O4S/c1-21-22(2)45-32-29(21)30(36-27(20-28-35-15-19-43-28)31-38-37-23(3)40(31)32)25-11-9-24(10-12-25)8-7-18-42-26-13-16-39(17-14-26)33(41)44-34(4,5)6/h9-12,15,19,26-27H,13-14,16-18,20H2,1-6H3/t27-/m0/s1. The maximum atomic E-state index is 12.3. The number of hydrogen-bond acceptors (Lipinski definition) is 9. The van der Waals surface area contributed by atoms with E-state index >= 15 is 0 Å². The number of fused-ring (bicyclic) bond motifs is 3. The first-order valence-corrected chi connectivity index (χ1v) is 16.1. The van der Waals surface area contributed by atoms with Crippen LogP contribution in [0.3, 0.4) is 0 Å². The van der Waals surface area contributed by atoms with Crippen molar-refractivity contribution < 1.29 is 18.7 Å².